The maximum absolute atomic E-state index is 13.4. The van der Waals surface area contributed by atoms with Crippen LogP contribution in [0.2, 0.25) is 0 Å². The van der Waals surface area contributed by atoms with E-state index in [-0.39, 0.29) is 11.3 Å². The molecular formula is C34H31NO5. The molecule has 1 fully saturated rings. The first-order valence-electron chi connectivity index (χ1n) is 13.4. The van der Waals surface area contributed by atoms with E-state index >= 15 is 0 Å². The third kappa shape index (κ3) is 5.76. The molecule has 5 rings (SSSR count). The Morgan fingerprint density at radius 1 is 0.775 bits per heavy atom. The zero-order valence-electron chi connectivity index (χ0n) is 22.3. The number of amides is 1. The van der Waals surface area contributed by atoms with Crippen LogP contribution >= 0.6 is 0 Å². The first-order valence-corrected chi connectivity index (χ1v) is 13.4. The van der Waals surface area contributed by atoms with Gasteiger partial charge < -0.3 is 19.5 Å². The molecule has 1 heterocycles. The quantitative estimate of drug-likeness (QED) is 0.147. The Hall–Kier alpha value is -4.84. The SMILES string of the molecule is CCOc1cc(C2C(=C(O)c3ccccc3)C(=O)C(=O)N2CCc2ccccc2)ccc1OCc1ccccc1. The topological polar surface area (TPSA) is 76.1 Å². The Labute approximate surface area is 234 Å². The van der Waals surface area contributed by atoms with Gasteiger partial charge in [-0.1, -0.05) is 97.1 Å². The van der Waals surface area contributed by atoms with Crippen LogP contribution < -0.4 is 9.47 Å². The van der Waals surface area contributed by atoms with Gasteiger partial charge in [0.1, 0.15) is 12.4 Å². The largest absolute Gasteiger partial charge is 0.507 e. The van der Waals surface area contributed by atoms with Crippen molar-refractivity contribution in [1.29, 1.82) is 0 Å². The molecule has 0 spiro atoms. The summed E-state index contributed by atoms with van der Waals surface area (Å²) in [6.45, 7) is 2.96. The van der Waals surface area contributed by atoms with E-state index in [1.807, 2.05) is 79.7 Å². The number of hydrogen-bond acceptors (Lipinski definition) is 5. The molecule has 4 aromatic rings. The van der Waals surface area contributed by atoms with E-state index in [1.165, 1.54) is 0 Å². The lowest BCUT2D eigenvalue weighted by molar-refractivity contribution is -0.139. The molecule has 1 atom stereocenters. The zero-order chi connectivity index (χ0) is 27.9. The van der Waals surface area contributed by atoms with Crippen molar-refractivity contribution in [1.82, 2.24) is 4.90 Å². The molecule has 0 aromatic heterocycles. The maximum Gasteiger partial charge on any atom is 0.295 e. The van der Waals surface area contributed by atoms with Crippen molar-refractivity contribution in [2.24, 2.45) is 0 Å². The predicted octanol–water partition coefficient (Wildman–Crippen LogP) is 6.33. The second-order valence-electron chi connectivity index (χ2n) is 9.51. The number of carbonyl (C=O) groups is 2. The van der Waals surface area contributed by atoms with Gasteiger partial charge in [0.15, 0.2) is 11.5 Å². The van der Waals surface area contributed by atoms with Gasteiger partial charge in [-0.3, -0.25) is 9.59 Å². The Morgan fingerprint density at radius 3 is 2.05 bits per heavy atom. The lowest BCUT2D eigenvalue weighted by Crippen LogP contribution is -2.31. The molecule has 202 valence electrons. The van der Waals surface area contributed by atoms with Crippen LogP contribution in [0.15, 0.2) is 115 Å². The number of ketones is 1. The van der Waals surface area contributed by atoms with E-state index in [2.05, 4.69) is 0 Å². The summed E-state index contributed by atoms with van der Waals surface area (Å²) in [5.74, 6) is -0.487. The van der Waals surface area contributed by atoms with Crippen LogP contribution in [0.3, 0.4) is 0 Å². The Morgan fingerprint density at radius 2 is 1.40 bits per heavy atom. The first kappa shape index (κ1) is 26.8. The van der Waals surface area contributed by atoms with E-state index < -0.39 is 17.7 Å². The van der Waals surface area contributed by atoms with Crippen LogP contribution in [0.25, 0.3) is 5.76 Å². The van der Waals surface area contributed by atoms with Gasteiger partial charge in [0.05, 0.1) is 18.2 Å². The molecule has 1 unspecified atom stereocenters. The average molecular weight is 534 g/mol. The number of carbonyl (C=O) groups excluding carboxylic acids is 2. The number of ether oxygens (including phenoxy) is 2. The maximum atomic E-state index is 13.4. The van der Waals surface area contributed by atoms with Crippen molar-refractivity contribution in [2.45, 2.75) is 26.0 Å². The summed E-state index contributed by atoms with van der Waals surface area (Å²) in [6.07, 6.45) is 0.562. The highest BCUT2D eigenvalue weighted by Gasteiger charge is 2.46. The molecular weight excluding hydrogens is 502 g/mol. The summed E-state index contributed by atoms with van der Waals surface area (Å²) < 4.78 is 12.0. The van der Waals surface area contributed by atoms with Crippen LogP contribution in [0.5, 0.6) is 11.5 Å². The number of aliphatic hydroxyl groups is 1. The fraction of sp³-hybridized carbons (Fsp3) is 0.176. The second-order valence-corrected chi connectivity index (χ2v) is 9.51. The van der Waals surface area contributed by atoms with E-state index in [0.717, 1.165) is 11.1 Å². The van der Waals surface area contributed by atoms with Crippen molar-refractivity contribution < 1.29 is 24.2 Å². The molecule has 1 aliphatic heterocycles. The monoisotopic (exact) mass is 533 g/mol. The van der Waals surface area contributed by atoms with Gasteiger partial charge in [0, 0.05) is 12.1 Å². The highest BCUT2D eigenvalue weighted by Crippen LogP contribution is 2.42. The van der Waals surface area contributed by atoms with E-state index in [0.29, 0.717) is 48.8 Å². The van der Waals surface area contributed by atoms with E-state index in [1.54, 1.807) is 41.3 Å². The van der Waals surface area contributed by atoms with Gasteiger partial charge in [-0.25, -0.2) is 0 Å². The zero-order valence-corrected chi connectivity index (χ0v) is 22.3. The number of aliphatic hydroxyl groups excluding tert-OH is 1. The molecule has 6 nitrogen and oxygen atoms in total. The van der Waals surface area contributed by atoms with Gasteiger partial charge in [0.2, 0.25) is 0 Å². The fourth-order valence-electron chi connectivity index (χ4n) is 4.92. The molecule has 6 heteroatoms. The average Bonchev–Trinajstić information content (AvgIpc) is 3.25. The lowest BCUT2D eigenvalue weighted by Gasteiger charge is -2.26. The molecule has 0 saturated carbocycles. The van der Waals surface area contributed by atoms with Crippen LogP contribution in [0.4, 0.5) is 0 Å². The second kappa shape index (κ2) is 12.3. The summed E-state index contributed by atoms with van der Waals surface area (Å²) in [5, 5.41) is 11.3. The van der Waals surface area contributed by atoms with Gasteiger partial charge in [0.25, 0.3) is 11.7 Å². The molecule has 0 bridgehead atoms. The summed E-state index contributed by atoms with van der Waals surface area (Å²) >= 11 is 0. The molecule has 1 saturated heterocycles. The molecule has 40 heavy (non-hydrogen) atoms. The van der Waals surface area contributed by atoms with E-state index in [4.69, 9.17) is 9.47 Å². The molecule has 4 aromatic carbocycles. The molecule has 1 N–H and O–H groups in total. The standard InChI is InChI=1S/C34H31NO5/c1-2-39-29-22-27(18-19-28(29)40-23-25-14-8-4-9-15-25)31-30(32(36)26-16-10-5-11-17-26)33(37)34(38)35(31)21-20-24-12-6-3-7-13-24/h3-19,22,31,36H,2,20-21,23H2,1H3. The third-order valence-electron chi connectivity index (χ3n) is 6.89. The number of benzene rings is 4. The van der Waals surface area contributed by atoms with Gasteiger partial charge in [-0.05, 0) is 42.2 Å². The number of rotatable bonds is 10. The van der Waals surface area contributed by atoms with Gasteiger partial charge in [-0.15, -0.1) is 0 Å². The molecule has 0 radical (unpaired) electrons. The number of Topliss-reactive ketones (excluding diaryl/α,β-unsaturated/α-hetero) is 1. The minimum Gasteiger partial charge on any atom is -0.507 e. The Bertz CT molecular complexity index is 1500. The third-order valence-corrected chi connectivity index (χ3v) is 6.89. The van der Waals surface area contributed by atoms with Crippen LogP contribution in [0, 0.1) is 0 Å². The number of hydrogen-bond donors (Lipinski definition) is 1. The predicted molar refractivity (Wildman–Crippen MR) is 154 cm³/mol. The number of nitrogens with zero attached hydrogens (tertiary/aromatic N) is 1. The summed E-state index contributed by atoms with van der Waals surface area (Å²) in [7, 11) is 0. The van der Waals surface area contributed by atoms with Gasteiger partial charge >= 0.3 is 0 Å². The first-order chi connectivity index (χ1) is 19.6. The normalized spacial score (nSPS) is 16.2. The highest BCUT2D eigenvalue weighted by molar-refractivity contribution is 6.46. The van der Waals surface area contributed by atoms with Crippen molar-refractivity contribution in [3.8, 4) is 11.5 Å². The van der Waals surface area contributed by atoms with Gasteiger partial charge in [-0.2, -0.15) is 0 Å². The Kier molecular flexibility index (Phi) is 8.26. The van der Waals surface area contributed by atoms with Crippen molar-refractivity contribution in [3.05, 3.63) is 137 Å². The minimum absolute atomic E-state index is 0.0599. The van der Waals surface area contributed by atoms with Crippen LogP contribution in [-0.4, -0.2) is 34.8 Å². The van der Waals surface area contributed by atoms with Crippen LogP contribution in [0.1, 0.15) is 35.2 Å². The Balaban J connectivity index is 1.54. The highest BCUT2D eigenvalue weighted by atomic mass is 16.5. The summed E-state index contributed by atoms with van der Waals surface area (Å²) in [6, 6.07) is 33.1. The molecule has 1 aliphatic rings. The van der Waals surface area contributed by atoms with Crippen molar-refractivity contribution in [2.75, 3.05) is 13.2 Å². The molecule has 1 amide bonds. The van der Waals surface area contributed by atoms with E-state index in [9.17, 15) is 14.7 Å². The summed E-state index contributed by atoms with van der Waals surface area (Å²) in [4.78, 5) is 28.3. The van der Waals surface area contributed by atoms with Crippen LogP contribution in [-0.2, 0) is 22.6 Å². The lowest BCUT2D eigenvalue weighted by atomic mass is 9.95. The molecule has 0 aliphatic carbocycles. The number of likely N-dealkylation sites (tertiary alicyclic amines) is 1. The van der Waals surface area contributed by atoms with Crippen molar-refractivity contribution >= 4 is 17.4 Å². The van der Waals surface area contributed by atoms with Crippen molar-refractivity contribution in [3.63, 3.8) is 0 Å². The summed E-state index contributed by atoms with van der Waals surface area (Å²) in [5.41, 5.74) is 3.25. The fourth-order valence-corrected chi connectivity index (χ4v) is 4.92. The minimum atomic E-state index is -0.786. The smallest absolute Gasteiger partial charge is 0.295 e.